The van der Waals surface area contributed by atoms with Gasteiger partial charge >= 0.3 is 6.18 Å². The highest BCUT2D eigenvalue weighted by atomic mass is 19.4. The lowest BCUT2D eigenvalue weighted by atomic mass is 10.0. The Kier molecular flexibility index (Phi) is 3.40. The van der Waals surface area contributed by atoms with E-state index in [0.717, 1.165) is 18.2 Å². The molecule has 6 heteroatoms. The summed E-state index contributed by atoms with van der Waals surface area (Å²) in [6.45, 7) is 8.50. The zero-order valence-corrected chi connectivity index (χ0v) is 10.7. The Bertz CT molecular complexity index is 771. The number of nitriles is 1. The Morgan fingerprint density at radius 3 is 2.52 bits per heavy atom. The van der Waals surface area contributed by atoms with Crippen molar-refractivity contribution in [3.8, 4) is 6.07 Å². The molecule has 0 N–H and O–H groups in total. The molecule has 3 nitrogen and oxygen atoms in total. The number of hydrogen-bond donors (Lipinski definition) is 0. The van der Waals surface area contributed by atoms with E-state index >= 15 is 0 Å². The molecule has 1 aliphatic carbocycles. The van der Waals surface area contributed by atoms with Gasteiger partial charge in [-0.3, -0.25) is 4.79 Å². The van der Waals surface area contributed by atoms with E-state index < -0.39 is 17.5 Å². The number of hydrogen-bond acceptors (Lipinski definition) is 2. The van der Waals surface area contributed by atoms with E-state index in [1.54, 1.807) is 6.07 Å². The molecule has 0 unspecified atom stereocenters. The van der Waals surface area contributed by atoms with Crippen molar-refractivity contribution >= 4 is 11.4 Å². The molecule has 0 bridgehead atoms. The molecule has 0 aliphatic heterocycles. The first-order valence-electron chi connectivity index (χ1n) is 5.80. The van der Waals surface area contributed by atoms with Crippen LogP contribution in [0.3, 0.4) is 0 Å². The molecule has 0 saturated heterocycles. The summed E-state index contributed by atoms with van der Waals surface area (Å²) in [5, 5.41) is 8.96. The van der Waals surface area contributed by atoms with Gasteiger partial charge in [0.15, 0.2) is 5.78 Å². The highest BCUT2D eigenvalue weighted by Gasteiger charge is 2.36. The first kappa shape index (κ1) is 14.5. The van der Waals surface area contributed by atoms with Gasteiger partial charge in [-0.25, -0.2) is 10.1 Å². The van der Waals surface area contributed by atoms with Gasteiger partial charge in [0.05, 0.1) is 18.2 Å². The highest BCUT2D eigenvalue weighted by Crippen LogP contribution is 2.41. The monoisotopic (exact) mass is 288 g/mol. The summed E-state index contributed by atoms with van der Waals surface area (Å²) < 4.78 is 38.1. The molecule has 1 aliphatic rings. The van der Waals surface area contributed by atoms with Crippen LogP contribution in [0.1, 0.15) is 28.4 Å². The summed E-state index contributed by atoms with van der Waals surface area (Å²) in [6.07, 6.45) is -3.16. The number of rotatable bonds is 0. The first-order chi connectivity index (χ1) is 9.85. The maximum Gasteiger partial charge on any atom is 0.416 e. The van der Waals surface area contributed by atoms with Gasteiger partial charge in [0.1, 0.15) is 0 Å². The minimum atomic E-state index is -4.56. The second-order valence-corrected chi connectivity index (χ2v) is 4.24. The van der Waals surface area contributed by atoms with Gasteiger partial charge in [-0.2, -0.15) is 13.2 Å². The predicted molar refractivity (Wildman–Crippen MR) is 68.7 cm³/mol. The average molecular weight is 288 g/mol. The van der Waals surface area contributed by atoms with Gasteiger partial charge in [0.25, 0.3) is 5.70 Å². The molecule has 0 saturated carbocycles. The molecule has 1 aromatic rings. The molecule has 0 radical (unpaired) electrons. The number of carbonyl (C=O) groups excluding carboxylic acids is 1. The fraction of sp³-hybridized carbons (Fsp3) is 0.133. The lowest BCUT2D eigenvalue weighted by Crippen LogP contribution is -2.06. The summed E-state index contributed by atoms with van der Waals surface area (Å²) >= 11 is 0. The third-order valence-electron chi connectivity index (χ3n) is 3.12. The topological polar surface area (TPSA) is 45.2 Å². The summed E-state index contributed by atoms with van der Waals surface area (Å²) in [6, 6.07) is 4.40. The van der Waals surface area contributed by atoms with Crippen molar-refractivity contribution in [1.29, 1.82) is 5.26 Å². The number of Topliss-reactive ketones (excluding diaryl/α,β-unsaturated/α-hetero) is 1. The number of benzene rings is 1. The van der Waals surface area contributed by atoms with E-state index in [1.165, 1.54) is 13.0 Å². The molecule has 0 heterocycles. The molecular weight excluding hydrogens is 281 g/mol. The van der Waals surface area contributed by atoms with Gasteiger partial charge in [-0.05, 0) is 24.6 Å². The van der Waals surface area contributed by atoms with Crippen LogP contribution in [0.2, 0.25) is 0 Å². The van der Waals surface area contributed by atoms with Crippen LogP contribution < -0.4 is 0 Å². The van der Waals surface area contributed by atoms with Crippen LogP contribution in [0.4, 0.5) is 13.2 Å². The van der Waals surface area contributed by atoms with Crippen molar-refractivity contribution in [1.82, 2.24) is 0 Å². The van der Waals surface area contributed by atoms with Crippen molar-refractivity contribution in [2.75, 3.05) is 0 Å². The Labute approximate surface area is 118 Å². The van der Waals surface area contributed by atoms with Crippen molar-refractivity contribution in [3.63, 3.8) is 0 Å². The minimum Gasteiger partial charge on any atom is -0.289 e. The zero-order chi connectivity index (χ0) is 15.8. The SMILES string of the molecule is [C-]#[N+]/C(C#N)=C1\C(=C\C)C(=O)c2cc(C(F)(F)F)ccc21. The number of fused-ring (bicyclic) bond motifs is 1. The smallest absolute Gasteiger partial charge is 0.289 e. The molecule has 0 fully saturated rings. The standard InChI is InChI=1S/C15H7F3N2O/c1-3-9-13(12(7-19)20-2)10-5-4-8(15(16,17)18)6-11(10)14(9)21/h3-6H,1H3/b9-3-,13-12+. The largest absolute Gasteiger partial charge is 0.416 e. The van der Waals surface area contributed by atoms with Crippen LogP contribution in [-0.2, 0) is 6.18 Å². The predicted octanol–water partition coefficient (Wildman–Crippen LogP) is 4.00. The molecule has 0 amide bonds. The third-order valence-corrected chi connectivity index (χ3v) is 3.12. The van der Waals surface area contributed by atoms with Crippen LogP contribution >= 0.6 is 0 Å². The normalized spacial score (nSPS) is 18.2. The maximum atomic E-state index is 12.7. The number of ketones is 1. The van der Waals surface area contributed by atoms with Gasteiger partial charge < -0.3 is 0 Å². The van der Waals surface area contributed by atoms with E-state index in [0.29, 0.717) is 0 Å². The fourth-order valence-electron chi connectivity index (χ4n) is 2.20. The van der Waals surface area contributed by atoms with Crippen molar-refractivity contribution < 1.29 is 18.0 Å². The van der Waals surface area contributed by atoms with E-state index in [9.17, 15) is 18.0 Å². The second kappa shape index (κ2) is 4.92. The summed E-state index contributed by atoms with van der Waals surface area (Å²) in [4.78, 5) is 15.2. The number of halogens is 3. The van der Waals surface area contributed by atoms with Crippen LogP contribution in [0.25, 0.3) is 10.4 Å². The Morgan fingerprint density at radius 1 is 1.38 bits per heavy atom. The third kappa shape index (κ3) is 2.21. The van der Waals surface area contributed by atoms with Crippen molar-refractivity contribution in [2.45, 2.75) is 13.1 Å². The van der Waals surface area contributed by atoms with Crippen molar-refractivity contribution in [3.05, 3.63) is 63.7 Å². The molecular formula is C15H7F3N2O. The molecule has 104 valence electrons. The fourth-order valence-corrected chi connectivity index (χ4v) is 2.20. The van der Waals surface area contributed by atoms with E-state index in [-0.39, 0.29) is 28.0 Å². The first-order valence-corrected chi connectivity index (χ1v) is 5.80. The maximum absolute atomic E-state index is 12.7. The number of nitrogens with zero attached hydrogens (tertiary/aromatic N) is 2. The Balaban J connectivity index is 2.81. The van der Waals surface area contributed by atoms with Crippen molar-refractivity contribution in [2.24, 2.45) is 0 Å². The van der Waals surface area contributed by atoms with E-state index in [2.05, 4.69) is 4.85 Å². The van der Waals surface area contributed by atoms with Crippen LogP contribution in [-0.4, -0.2) is 5.78 Å². The number of allylic oxidation sites excluding steroid dienone is 4. The highest BCUT2D eigenvalue weighted by molar-refractivity contribution is 6.27. The van der Waals surface area contributed by atoms with Crippen LogP contribution in [0, 0.1) is 17.9 Å². The van der Waals surface area contributed by atoms with E-state index in [1.807, 2.05) is 0 Å². The molecule has 2 rings (SSSR count). The van der Waals surface area contributed by atoms with Gasteiger partial charge in [-0.15, -0.1) is 0 Å². The van der Waals surface area contributed by atoms with E-state index in [4.69, 9.17) is 11.8 Å². The number of alkyl halides is 3. The van der Waals surface area contributed by atoms with Gasteiger partial charge in [0.2, 0.25) is 0 Å². The summed E-state index contributed by atoms with van der Waals surface area (Å²) in [5.41, 5.74) is -1.01. The number of carbonyl (C=O) groups is 1. The van der Waals surface area contributed by atoms with Crippen LogP contribution in [0.15, 0.2) is 35.5 Å². The lowest BCUT2D eigenvalue weighted by molar-refractivity contribution is -0.137. The average Bonchev–Trinajstić information content (AvgIpc) is 2.72. The quantitative estimate of drug-likeness (QED) is 0.411. The lowest BCUT2D eigenvalue weighted by Gasteiger charge is -2.08. The van der Waals surface area contributed by atoms with Crippen LogP contribution in [0.5, 0.6) is 0 Å². The summed E-state index contributed by atoms with van der Waals surface area (Å²) in [5.74, 6) is -0.606. The molecule has 0 aromatic heterocycles. The second-order valence-electron chi connectivity index (χ2n) is 4.24. The minimum absolute atomic E-state index is 0.0804. The Hall–Kier alpha value is -2.86. The Morgan fingerprint density at radius 2 is 2.05 bits per heavy atom. The molecule has 21 heavy (non-hydrogen) atoms. The molecule has 1 aromatic carbocycles. The van der Waals surface area contributed by atoms with Gasteiger partial charge in [-0.1, -0.05) is 12.1 Å². The summed E-state index contributed by atoms with van der Waals surface area (Å²) in [7, 11) is 0. The van der Waals surface area contributed by atoms with Gasteiger partial charge in [0, 0.05) is 16.7 Å². The molecule has 0 spiro atoms. The zero-order valence-electron chi connectivity index (χ0n) is 10.7. The molecule has 0 atom stereocenters.